The van der Waals surface area contributed by atoms with Crippen molar-refractivity contribution in [1.82, 2.24) is 24.3 Å². The van der Waals surface area contributed by atoms with Gasteiger partial charge in [-0.25, -0.2) is 14.8 Å². The number of aromatic nitrogens is 3. The molecule has 6 rings (SSSR count). The summed E-state index contributed by atoms with van der Waals surface area (Å²) in [6, 6.07) is 17.0. The highest BCUT2D eigenvalue weighted by Crippen LogP contribution is 2.41. The molecule has 10 nitrogen and oxygen atoms in total. The van der Waals surface area contributed by atoms with Gasteiger partial charge in [0.1, 0.15) is 35.0 Å². The van der Waals surface area contributed by atoms with E-state index < -0.39 is 5.97 Å². The van der Waals surface area contributed by atoms with Crippen molar-refractivity contribution in [1.29, 1.82) is 0 Å². The van der Waals surface area contributed by atoms with E-state index in [1.165, 1.54) is 19.2 Å². The lowest BCUT2D eigenvalue weighted by Gasteiger charge is -2.18. The van der Waals surface area contributed by atoms with Gasteiger partial charge in [-0.2, -0.15) is 0 Å². The Kier molecular flexibility index (Phi) is 7.15. The van der Waals surface area contributed by atoms with Crippen LogP contribution in [0.25, 0.3) is 22.2 Å². The summed E-state index contributed by atoms with van der Waals surface area (Å²) in [7, 11) is 2.07. The van der Waals surface area contributed by atoms with Crippen molar-refractivity contribution >= 4 is 28.7 Å². The van der Waals surface area contributed by atoms with Gasteiger partial charge < -0.3 is 25.0 Å². The van der Waals surface area contributed by atoms with Crippen molar-refractivity contribution in [3.05, 3.63) is 78.8 Å². The van der Waals surface area contributed by atoms with Crippen LogP contribution in [-0.4, -0.2) is 74.0 Å². The maximum absolute atomic E-state index is 13.0. The number of nitrogens with zero attached hydrogens (tertiary/aromatic N) is 5. The molecule has 210 valence electrons. The lowest BCUT2D eigenvalue weighted by Crippen LogP contribution is -2.28. The lowest BCUT2D eigenvalue weighted by atomic mass is 10.0. The molecule has 3 N–H and O–H groups in total. The minimum absolute atomic E-state index is 0.0739. The number of likely N-dealkylation sites (N-methyl/N-ethyl adjacent to an activating group) is 1. The van der Waals surface area contributed by atoms with Gasteiger partial charge in [-0.05, 0) is 56.1 Å². The van der Waals surface area contributed by atoms with Gasteiger partial charge in [0, 0.05) is 37.3 Å². The molecule has 1 aliphatic carbocycles. The molecule has 41 heavy (non-hydrogen) atoms. The van der Waals surface area contributed by atoms with Crippen molar-refractivity contribution in [3.8, 4) is 22.6 Å². The highest BCUT2D eigenvalue weighted by Gasteiger charge is 2.34. The van der Waals surface area contributed by atoms with Crippen LogP contribution in [0.5, 0.6) is 11.5 Å². The van der Waals surface area contributed by atoms with Crippen molar-refractivity contribution in [2.24, 2.45) is 0 Å². The molecule has 1 saturated carbocycles. The fourth-order valence-electron chi connectivity index (χ4n) is 5.56. The predicted octanol–water partition coefficient (Wildman–Crippen LogP) is 4.59. The number of anilines is 1. The SMILES string of the molecule is CN(CC=CC(=O)N1CC[C@@H](n2c(C(=O)O)c(-c3ccc(Oc4ccccc4)cc3)c3c(N)ncnc32)C1)C1CC1. The first-order valence-corrected chi connectivity index (χ1v) is 13.8. The molecule has 0 radical (unpaired) electrons. The molecule has 2 aliphatic rings. The largest absolute Gasteiger partial charge is 0.477 e. The number of carbonyl (C=O) groups excluding carboxylic acids is 1. The number of likely N-dealkylation sites (tertiary alicyclic amines) is 1. The number of nitrogens with two attached hydrogens (primary N) is 1. The van der Waals surface area contributed by atoms with Crippen LogP contribution in [0.15, 0.2) is 73.1 Å². The molecule has 1 amide bonds. The molecule has 0 bridgehead atoms. The van der Waals surface area contributed by atoms with E-state index in [1.807, 2.05) is 48.5 Å². The molecular formula is C31H32N6O4. The molecule has 3 heterocycles. The Morgan fingerprint density at radius 3 is 2.51 bits per heavy atom. The quantitative estimate of drug-likeness (QED) is 0.289. The minimum Gasteiger partial charge on any atom is -0.477 e. The highest BCUT2D eigenvalue weighted by atomic mass is 16.5. The van der Waals surface area contributed by atoms with Crippen LogP contribution < -0.4 is 10.5 Å². The summed E-state index contributed by atoms with van der Waals surface area (Å²) in [6.07, 6.45) is 7.89. The Balaban J connectivity index is 1.31. The first-order chi connectivity index (χ1) is 19.9. The number of carboxylic acid groups (broad SMARTS) is 1. The second-order valence-electron chi connectivity index (χ2n) is 10.6. The molecule has 2 aromatic heterocycles. The summed E-state index contributed by atoms with van der Waals surface area (Å²) in [4.78, 5) is 38.4. The summed E-state index contributed by atoms with van der Waals surface area (Å²) in [5.41, 5.74) is 7.95. The molecular weight excluding hydrogens is 520 g/mol. The zero-order chi connectivity index (χ0) is 28.5. The van der Waals surface area contributed by atoms with E-state index in [2.05, 4.69) is 21.9 Å². The van der Waals surface area contributed by atoms with Gasteiger partial charge in [-0.1, -0.05) is 36.4 Å². The maximum Gasteiger partial charge on any atom is 0.353 e. The van der Waals surface area contributed by atoms with E-state index in [0.29, 0.717) is 59.2 Å². The summed E-state index contributed by atoms with van der Waals surface area (Å²) in [6.45, 7) is 1.62. The second-order valence-corrected chi connectivity index (χ2v) is 10.6. The van der Waals surface area contributed by atoms with Crippen LogP contribution >= 0.6 is 0 Å². The molecule has 1 aliphatic heterocycles. The third-order valence-corrected chi connectivity index (χ3v) is 7.80. The third kappa shape index (κ3) is 5.38. The summed E-state index contributed by atoms with van der Waals surface area (Å²) < 4.78 is 7.64. The molecule has 1 atom stereocenters. The molecule has 0 unspecified atom stereocenters. The van der Waals surface area contributed by atoms with Crippen LogP contribution in [0, 0.1) is 0 Å². The summed E-state index contributed by atoms with van der Waals surface area (Å²) in [5.74, 6) is 0.338. The second kappa shape index (κ2) is 11.1. The number of aromatic carboxylic acids is 1. The highest BCUT2D eigenvalue weighted by molar-refractivity contribution is 6.10. The van der Waals surface area contributed by atoms with Crippen LogP contribution in [0.1, 0.15) is 35.8 Å². The Hall–Kier alpha value is -4.70. The predicted molar refractivity (Wildman–Crippen MR) is 156 cm³/mol. The van der Waals surface area contributed by atoms with Gasteiger partial charge in [-0.15, -0.1) is 0 Å². The number of ether oxygens (including phenoxy) is 1. The van der Waals surface area contributed by atoms with Gasteiger partial charge in [0.2, 0.25) is 5.91 Å². The fourth-order valence-corrected chi connectivity index (χ4v) is 5.56. The maximum atomic E-state index is 13.0. The number of benzene rings is 2. The number of rotatable bonds is 9. The lowest BCUT2D eigenvalue weighted by molar-refractivity contribution is -0.125. The summed E-state index contributed by atoms with van der Waals surface area (Å²) in [5, 5.41) is 11.0. The topological polar surface area (TPSA) is 127 Å². The number of amides is 1. The van der Waals surface area contributed by atoms with E-state index in [0.717, 1.165) is 6.54 Å². The third-order valence-electron chi connectivity index (χ3n) is 7.80. The van der Waals surface area contributed by atoms with E-state index in [-0.39, 0.29) is 23.5 Å². The number of carbonyl (C=O) groups is 2. The number of fused-ring (bicyclic) bond motifs is 1. The van der Waals surface area contributed by atoms with Crippen LogP contribution in [0.2, 0.25) is 0 Å². The Morgan fingerprint density at radius 2 is 1.80 bits per heavy atom. The minimum atomic E-state index is -1.10. The van der Waals surface area contributed by atoms with Crippen molar-refractivity contribution in [3.63, 3.8) is 0 Å². The molecule has 0 spiro atoms. The van der Waals surface area contributed by atoms with E-state index >= 15 is 0 Å². The standard InChI is InChI=1S/C31H32N6O4/c1-35(21-11-12-21)16-5-8-25(38)36-17-15-22(18-36)37-28(31(39)40)26(27-29(32)33-19-34-30(27)37)20-9-13-24(14-10-20)41-23-6-3-2-4-7-23/h2-10,13-14,19,21-22H,11-12,15-18H2,1H3,(H,39,40)(H2,32,33,34)/t22-/m1/s1. The number of para-hydroxylation sites is 1. The number of hydrogen-bond acceptors (Lipinski definition) is 7. The van der Waals surface area contributed by atoms with E-state index in [9.17, 15) is 14.7 Å². The van der Waals surface area contributed by atoms with Gasteiger partial charge in [-0.3, -0.25) is 9.69 Å². The molecule has 2 fully saturated rings. The van der Waals surface area contributed by atoms with Crippen LogP contribution in [-0.2, 0) is 4.79 Å². The van der Waals surface area contributed by atoms with E-state index in [4.69, 9.17) is 10.5 Å². The van der Waals surface area contributed by atoms with Gasteiger partial charge >= 0.3 is 5.97 Å². The fraction of sp³-hybridized carbons (Fsp3) is 0.290. The Morgan fingerprint density at radius 1 is 1.07 bits per heavy atom. The Bertz CT molecular complexity index is 1610. The molecule has 1 saturated heterocycles. The monoisotopic (exact) mass is 552 g/mol. The van der Waals surface area contributed by atoms with Crippen molar-refractivity contribution in [2.75, 3.05) is 32.4 Å². The van der Waals surface area contributed by atoms with Gasteiger partial charge in [0.05, 0.1) is 11.4 Å². The summed E-state index contributed by atoms with van der Waals surface area (Å²) >= 11 is 0. The van der Waals surface area contributed by atoms with Crippen molar-refractivity contribution < 1.29 is 19.4 Å². The molecule has 2 aromatic carbocycles. The van der Waals surface area contributed by atoms with Crippen molar-refractivity contribution in [2.45, 2.75) is 31.3 Å². The zero-order valence-electron chi connectivity index (χ0n) is 22.8. The smallest absolute Gasteiger partial charge is 0.353 e. The molecule has 10 heteroatoms. The first-order valence-electron chi connectivity index (χ1n) is 13.8. The number of carboxylic acids is 1. The zero-order valence-corrected chi connectivity index (χ0v) is 22.8. The number of hydrogen-bond donors (Lipinski definition) is 2. The average molecular weight is 553 g/mol. The Labute approximate surface area is 237 Å². The van der Waals surface area contributed by atoms with Gasteiger partial charge in [0.15, 0.2) is 0 Å². The molecule has 4 aromatic rings. The average Bonchev–Trinajstić information content (AvgIpc) is 3.60. The van der Waals surface area contributed by atoms with E-state index in [1.54, 1.807) is 27.7 Å². The van der Waals surface area contributed by atoms with Crippen LogP contribution in [0.3, 0.4) is 0 Å². The van der Waals surface area contributed by atoms with Crippen LogP contribution in [0.4, 0.5) is 5.82 Å². The van der Waals surface area contributed by atoms with Gasteiger partial charge in [0.25, 0.3) is 0 Å². The normalized spacial score (nSPS) is 17.1. The number of nitrogen functional groups attached to an aromatic ring is 1. The first kappa shape index (κ1) is 26.5.